The first-order chi connectivity index (χ1) is 13.5. The summed E-state index contributed by atoms with van der Waals surface area (Å²) in [6, 6.07) is 1.57. The zero-order valence-electron chi connectivity index (χ0n) is 17.6. The first-order valence-corrected chi connectivity index (χ1v) is 10.7. The lowest BCUT2D eigenvalue weighted by molar-refractivity contribution is -0.240. The molecule has 4 aliphatic rings. The maximum atomic E-state index is 12.2. The van der Waals surface area contributed by atoms with Crippen molar-refractivity contribution in [3.63, 3.8) is 0 Å². The molecule has 0 aromatic heterocycles. The van der Waals surface area contributed by atoms with E-state index in [1.807, 2.05) is 13.8 Å². The molecule has 0 radical (unpaired) electrons. The van der Waals surface area contributed by atoms with Gasteiger partial charge in [-0.05, 0) is 42.6 Å². The maximum Gasteiger partial charge on any atom is 0.252 e. The monoisotopic (exact) mass is 401 g/mol. The SMILES string of the molecule is C[C@H]1CC[C@H]2C(C)(C)[C@H](O)[C@H](O)C[C@]2(C)[C@@]12Cc1c(O)cc3c(c1O2)CNC3=O. The second-order valence-corrected chi connectivity index (χ2v) is 10.6. The standard InChI is InChI=1S/C23H31NO5/c1-11-5-6-17-21(2,3)19(27)16(26)9-22(17,4)23(11)8-13-15(25)7-12-14(18(13)29-23)10-24-20(12)28/h7,11,16-17,19,25-27H,5-6,8-10H2,1-4H3,(H,24,28)/t11-,16+,17-,19+,22-,23+/m0/s1. The van der Waals surface area contributed by atoms with Crippen LogP contribution in [-0.4, -0.2) is 39.0 Å². The summed E-state index contributed by atoms with van der Waals surface area (Å²) >= 11 is 0. The number of aliphatic hydroxyl groups is 2. The van der Waals surface area contributed by atoms with Crippen molar-refractivity contribution in [2.45, 2.75) is 77.7 Å². The van der Waals surface area contributed by atoms with Crippen LogP contribution >= 0.6 is 0 Å². The van der Waals surface area contributed by atoms with Gasteiger partial charge in [0, 0.05) is 29.5 Å². The molecule has 2 saturated carbocycles. The van der Waals surface area contributed by atoms with Gasteiger partial charge in [-0.3, -0.25) is 4.79 Å². The highest BCUT2D eigenvalue weighted by Crippen LogP contribution is 2.67. The minimum Gasteiger partial charge on any atom is -0.508 e. The molecular weight excluding hydrogens is 370 g/mol. The number of benzene rings is 1. The van der Waals surface area contributed by atoms with E-state index >= 15 is 0 Å². The van der Waals surface area contributed by atoms with Crippen LogP contribution in [0.4, 0.5) is 0 Å². The quantitative estimate of drug-likeness (QED) is 0.535. The average Bonchev–Trinajstić information content (AvgIpc) is 3.22. The predicted molar refractivity (Wildman–Crippen MR) is 107 cm³/mol. The molecule has 0 saturated heterocycles. The highest BCUT2D eigenvalue weighted by Gasteiger charge is 2.68. The van der Waals surface area contributed by atoms with Gasteiger partial charge >= 0.3 is 0 Å². The molecule has 6 atom stereocenters. The van der Waals surface area contributed by atoms with E-state index in [1.54, 1.807) is 6.07 Å². The summed E-state index contributed by atoms with van der Waals surface area (Å²) in [5.41, 5.74) is 0.679. The topological polar surface area (TPSA) is 99.0 Å². The van der Waals surface area contributed by atoms with Gasteiger partial charge in [0.05, 0.1) is 17.8 Å². The molecule has 5 rings (SSSR count). The molecular formula is C23H31NO5. The van der Waals surface area contributed by atoms with Gasteiger partial charge in [0.25, 0.3) is 5.91 Å². The Bertz CT molecular complexity index is 911. The Morgan fingerprint density at radius 1 is 1.17 bits per heavy atom. The predicted octanol–water partition coefficient (Wildman–Crippen LogP) is 2.51. The average molecular weight is 402 g/mol. The molecule has 2 heterocycles. The number of amides is 1. The summed E-state index contributed by atoms with van der Waals surface area (Å²) in [5.74, 6) is 0.968. The van der Waals surface area contributed by atoms with Crippen LogP contribution in [0.15, 0.2) is 6.07 Å². The van der Waals surface area contributed by atoms with Crippen LogP contribution in [0, 0.1) is 22.7 Å². The Balaban J connectivity index is 1.66. The second kappa shape index (κ2) is 5.67. The van der Waals surface area contributed by atoms with Crippen molar-refractivity contribution in [2.24, 2.45) is 22.7 Å². The molecule has 4 N–H and O–H groups in total. The van der Waals surface area contributed by atoms with E-state index < -0.39 is 23.2 Å². The molecule has 1 aromatic rings. The van der Waals surface area contributed by atoms with Gasteiger partial charge < -0.3 is 25.4 Å². The number of aromatic hydroxyl groups is 1. The van der Waals surface area contributed by atoms with Crippen molar-refractivity contribution >= 4 is 5.91 Å². The minimum absolute atomic E-state index is 0.112. The summed E-state index contributed by atoms with van der Waals surface area (Å²) in [6.45, 7) is 8.89. The van der Waals surface area contributed by atoms with Crippen molar-refractivity contribution < 1.29 is 24.9 Å². The summed E-state index contributed by atoms with van der Waals surface area (Å²) in [6.07, 6.45) is 1.36. The number of carbonyl (C=O) groups excluding carboxylic acids is 1. The number of carbonyl (C=O) groups is 1. The van der Waals surface area contributed by atoms with Crippen LogP contribution in [0.1, 0.15) is 68.4 Å². The van der Waals surface area contributed by atoms with Crippen LogP contribution in [-0.2, 0) is 13.0 Å². The van der Waals surface area contributed by atoms with Crippen molar-refractivity contribution in [3.05, 3.63) is 22.8 Å². The van der Waals surface area contributed by atoms with E-state index in [1.165, 1.54) is 0 Å². The molecule has 1 amide bonds. The first kappa shape index (κ1) is 19.2. The summed E-state index contributed by atoms with van der Waals surface area (Å²) in [4.78, 5) is 12.2. The van der Waals surface area contributed by atoms with Crippen molar-refractivity contribution in [1.29, 1.82) is 0 Å². The van der Waals surface area contributed by atoms with E-state index in [-0.39, 0.29) is 28.9 Å². The van der Waals surface area contributed by atoms with E-state index in [2.05, 4.69) is 19.2 Å². The van der Waals surface area contributed by atoms with Crippen molar-refractivity contribution in [1.82, 2.24) is 5.32 Å². The molecule has 1 aromatic carbocycles. The molecule has 0 bridgehead atoms. The molecule has 2 aliphatic carbocycles. The molecule has 1 spiro atoms. The Labute approximate surface area is 171 Å². The molecule has 2 aliphatic heterocycles. The smallest absolute Gasteiger partial charge is 0.252 e. The number of fused-ring (bicyclic) bond motifs is 5. The van der Waals surface area contributed by atoms with E-state index in [0.717, 1.165) is 24.0 Å². The summed E-state index contributed by atoms with van der Waals surface area (Å²) in [7, 11) is 0. The van der Waals surface area contributed by atoms with Crippen LogP contribution in [0.2, 0.25) is 0 Å². The lowest BCUT2D eigenvalue weighted by atomic mass is 9.43. The fourth-order valence-electron chi connectivity index (χ4n) is 7.32. The number of phenolic OH excluding ortho intramolecular Hbond substituents is 1. The van der Waals surface area contributed by atoms with Crippen molar-refractivity contribution in [3.8, 4) is 11.5 Å². The Morgan fingerprint density at radius 3 is 2.62 bits per heavy atom. The number of nitrogens with one attached hydrogen (secondary N) is 1. The molecule has 2 fully saturated rings. The Kier molecular flexibility index (Phi) is 3.75. The van der Waals surface area contributed by atoms with E-state index in [9.17, 15) is 20.1 Å². The highest BCUT2D eigenvalue weighted by molar-refractivity contribution is 6.00. The molecule has 158 valence electrons. The number of ether oxygens (including phenoxy) is 1. The zero-order valence-corrected chi connectivity index (χ0v) is 17.6. The van der Waals surface area contributed by atoms with Gasteiger partial charge in [-0.2, -0.15) is 0 Å². The number of hydrogen-bond acceptors (Lipinski definition) is 5. The van der Waals surface area contributed by atoms with Crippen LogP contribution in [0.25, 0.3) is 0 Å². The van der Waals surface area contributed by atoms with Crippen LogP contribution in [0.5, 0.6) is 11.5 Å². The minimum atomic E-state index is -0.816. The maximum absolute atomic E-state index is 12.2. The fourth-order valence-corrected chi connectivity index (χ4v) is 7.32. The Hall–Kier alpha value is -1.79. The van der Waals surface area contributed by atoms with Gasteiger partial charge in [-0.1, -0.05) is 27.7 Å². The van der Waals surface area contributed by atoms with Crippen LogP contribution < -0.4 is 10.1 Å². The molecule has 6 heteroatoms. The lowest BCUT2D eigenvalue weighted by Gasteiger charge is -2.64. The Morgan fingerprint density at radius 2 is 1.90 bits per heavy atom. The van der Waals surface area contributed by atoms with Gasteiger partial charge in [-0.25, -0.2) is 0 Å². The lowest BCUT2D eigenvalue weighted by Crippen LogP contribution is -2.69. The summed E-state index contributed by atoms with van der Waals surface area (Å²) in [5, 5.41) is 35.1. The normalized spacial score (nSPS) is 42.1. The third-order valence-corrected chi connectivity index (χ3v) is 8.94. The van der Waals surface area contributed by atoms with Crippen LogP contribution in [0.3, 0.4) is 0 Å². The molecule has 29 heavy (non-hydrogen) atoms. The van der Waals surface area contributed by atoms with Gasteiger partial charge in [0.15, 0.2) is 0 Å². The number of phenols is 1. The first-order valence-electron chi connectivity index (χ1n) is 10.7. The number of hydrogen-bond donors (Lipinski definition) is 4. The third kappa shape index (κ3) is 2.17. The molecule has 6 nitrogen and oxygen atoms in total. The highest BCUT2D eigenvalue weighted by atomic mass is 16.5. The van der Waals surface area contributed by atoms with Gasteiger partial charge in [0.2, 0.25) is 0 Å². The molecule has 0 unspecified atom stereocenters. The van der Waals surface area contributed by atoms with E-state index in [0.29, 0.717) is 30.7 Å². The third-order valence-electron chi connectivity index (χ3n) is 8.94. The second-order valence-electron chi connectivity index (χ2n) is 10.6. The largest absolute Gasteiger partial charge is 0.508 e. The zero-order chi connectivity index (χ0) is 20.9. The van der Waals surface area contributed by atoms with E-state index in [4.69, 9.17) is 4.74 Å². The number of rotatable bonds is 0. The van der Waals surface area contributed by atoms with Gasteiger partial charge in [0.1, 0.15) is 17.1 Å². The number of aliphatic hydroxyl groups excluding tert-OH is 2. The summed E-state index contributed by atoms with van der Waals surface area (Å²) < 4.78 is 6.82. The fraction of sp³-hybridized carbons (Fsp3) is 0.696. The van der Waals surface area contributed by atoms with Crippen molar-refractivity contribution in [2.75, 3.05) is 0 Å². The van der Waals surface area contributed by atoms with Gasteiger partial charge in [-0.15, -0.1) is 0 Å².